The maximum atomic E-state index is 11.6. The summed E-state index contributed by atoms with van der Waals surface area (Å²) in [7, 11) is 1.51. The standard InChI is InChI=1S/C18H27NO3/c1-13(2)7-5-4-6-8-15(18(19)21)11-14-9-10-16(20)17(12-14)22-3/h5,7,9-10,12-13,15,20H,4,6,8,11H2,1-3H3,(H2,19,21)/b7-5+. The highest BCUT2D eigenvalue weighted by molar-refractivity contribution is 5.77. The lowest BCUT2D eigenvalue weighted by molar-refractivity contribution is -0.122. The van der Waals surface area contributed by atoms with Gasteiger partial charge in [-0.25, -0.2) is 0 Å². The number of hydrogen-bond acceptors (Lipinski definition) is 3. The van der Waals surface area contributed by atoms with Crippen molar-refractivity contribution in [3.05, 3.63) is 35.9 Å². The number of phenolic OH excluding ortho intramolecular Hbond substituents is 1. The number of rotatable bonds is 9. The monoisotopic (exact) mass is 305 g/mol. The number of amides is 1. The smallest absolute Gasteiger partial charge is 0.220 e. The molecule has 1 aromatic carbocycles. The molecule has 0 aliphatic rings. The van der Waals surface area contributed by atoms with E-state index in [-0.39, 0.29) is 17.6 Å². The van der Waals surface area contributed by atoms with E-state index in [0.29, 0.717) is 18.1 Å². The largest absolute Gasteiger partial charge is 0.504 e. The van der Waals surface area contributed by atoms with E-state index < -0.39 is 0 Å². The lowest BCUT2D eigenvalue weighted by Gasteiger charge is -2.14. The molecule has 122 valence electrons. The van der Waals surface area contributed by atoms with Crippen LogP contribution in [0.5, 0.6) is 11.5 Å². The average molecular weight is 305 g/mol. The summed E-state index contributed by atoms with van der Waals surface area (Å²) in [5.74, 6) is 0.597. The molecule has 0 aliphatic heterocycles. The number of aromatic hydroxyl groups is 1. The van der Waals surface area contributed by atoms with Gasteiger partial charge in [0.15, 0.2) is 11.5 Å². The van der Waals surface area contributed by atoms with Gasteiger partial charge >= 0.3 is 0 Å². The summed E-state index contributed by atoms with van der Waals surface area (Å²) < 4.78 is 5.09. The van der Waals surface area contributed by atoms with Crippen LogP contribution in [0.3, 0.4) is 0 Å². The second-order valence-electron chi connectivity index (χ2n) is 5.91. The van der Waals surface area contributed by atoms with Gasteiger partial charge in [0.25, 0.3) is 0 Å². The molecule has 1 amide bonds. The van der Waals surface area contributed by atoms with Gasteiger partial charge in [0.2, 0.25) is 5.91 Å². The van der Waals surface area contributed by atoms with Gasteiger partial charge in [-0.3, -0.25) is 4.79 Å². The van der Waals surface area contributed by atoms with Crippen LogP contribution in [0.2, 0.25) is 0 Å². The van der Waals surface area contributed by atoms with Crippen LogP contribution < -0.4 is 10.5 Å². The summed E-state index contributed by atoms with van der Waals surface area (Å²) in [4.78, 5) is 11.6. The number of methoxy groups -OCH3 is 1. The van der Waals surface area contributed by atoms with E-state index in [2.05, 4.69) is 26.0 Å². The number of ether oxygens (including phenoxy) is 1. The predicted molar refractivity (Wildman–Crippen MR) is 88.9 cm³/mol. The Morgan fingerprint density at radius 1 is 1.41 bits per heavy atom. The molecule has 0 bridgehead atoms. The SMILES string of the molecule is COc1cc(CC(CCC/C=C/C(C)C)C(N)=O)ccc1O. The van der Waals surface area contributed by atoms with Gasteiger partial charge in [0, 0.05) is 5.92 Å². The van der Waals surface area contributed by atoms with E-state index in [0.717, 1.165) is 24.8 Å². The van der Waals surface area contributed by atoms with E-state index >= 15 is 0 Å². The first-order valence-corrected chi connectivity index (χ1v) is 7.76. The number of allylic oxidation sites excluding steroid dienone is 2. The topological polar surface area (TPSA) is 72.5 Å². The minimum Gasteiger partial charge on any atom is -0.504 e. The Morgan fingerprint density at radius 2 is 2.14 bits per heavy atom. The van der Waals surface area contributed by atoms with E-state index in [1.165, 1.54) is 7.11 Å². The summed E-state index contributed by atoms with van der Waals surface area (Å²) in [6, 6.07) is 5.13. The lowest BCUT2D eigenvalue weighted by Crippen LogP contribution is -2.25. The van der Waals surface area contributed by atoms with Crippen LogP contribution in [0.1, 0.15) is 38.7 Å². The minimum atomic E-state index is -0.278. The molecular weight excluding hydrogens is 278 g/mol. The molecule has 0 saturated carbocycles. The third kappa shape index (κ3) is 6.20. The third-order valence-corrected chi connectivity index (χ3v) is 3.57. The first kappa shape index (κ1) is 18.1. The number of nitrogens with two attached hydrogens (primary N) is 1. The Balaban J connectivity index is 2.59. The van der Waals surface area contributed by atoms with E-state index in [4.69, 9.17) is 10.5 Å². The number of carbonyl (C=O) groups is 1. The van der Waals surface area contributed by atoms with Crippen LogP contribution in [0, 0.1) is 11.8 Å². The highest BCUT2D eigenvalue weighted by Gasteiger charge is 2.16. The molecule has 22 heavy (non-hydrogen) atoms. The van der Waals surface area contributed by atoms with Gasteiger partial charge in [-0.1, -0.05) is 32.1 Å². The predicted octanol–water partition coefficient (Wildman–Crippen LogP) is 3.43. The normalized spacial score (nSPS) is 12.7. The molecule has 0 radical (unpaired) electrons. The van der Waals surface area contributed by atoms with Gasteiger partial charge in [-0.15, -0.1) is 0 Å². The summed E-state index contributed by atoms with van der Waals surface area (Å²) in [6.07, 6.45) is 7.56. The summed E-state index contributed by atoms with van der Waals surface area (Å²) in [5.41, 5.74) is 6.45. The number of phenols is 1. The molecule has 4 heteroatoms. The number of primary amides is 1. The van der Waals surface area contributed by atoms with Crippen LogP contribution in [0.15, 0.2) is 30.4 Å². The van der Waals surface area contributed by atoms with Gasteiger partial charge in [0.1, 0.15) is 0 Å². The molecule has 4 nitrogen and oxygen atoms in total. The van der Waals surface area contributed by atoms with Gasteiger partial charge in [0.05, 0.1) is 7.11 Å². The molecule has 0 saturated heterocycles. The highest BCUT2D eigenvalue weighted by atomic mass is 16.5. The van der Waals surface area contributed by atoms with Gasteiger partial charge in [-0.2, -0.15) is 0 Å². The molecule has 1 rings (SSSR count). The van der Waals surface area contributed by atoms with Crippen LogP contribution in [0.25, 0.3) is 0 Å². The zero-order chi connectivity index (χ0) is 16.5. The van der Waals surface area contributed by atoms with Crippen molar-refractivity contribution in [3.8, 4) is 11.5 Å². The summed E-state index contributed by atoms with van der Waals surface area (Å²) in [6.45, 7) is 4.28. The van der Waals surface area contributed by atoms with Crippen molar-refractivity contribution in [2.75, 3.05) is 7.11 Å². The number of hydrogen-bond donors (Lipinski definition) is 2. The fourth-order valence-electron chi connectivity index (χ4n) is 2.33. The second kappa shape index (κ2) is 9.13. The van der Waals surface area contributed by atoms with E-state index in [1.807, 2.05) is 0 Å². The van der Waals surface area contributed by atoms with Crippen molar-refractivity contribution >= 4 is 5.91 Å². The first-order chi connectivity index (χ1) is 10.4. The van der Waals surface area contributed by atoms with E-state index in [1.54, 1.807) is 18.2 Å². The summed E-state index contributed by atoms with van der Waals surface area (Å²) >= 11 is 0. The fraction of sp³-hybridized carbons (Fsp3) is 0.500. The molecule has 0 fully saturated rings. The maximum absolute atomic E-state index is 11.6. The van der Waals surface area contributed by atoms with Crippen molar-refractivity contribution in [2.45, 2.75) is 39.5 Å². The quantitative estimate of drug-likeness (QED) is 0.542. The van der Waals surface area contributed by atoms with Gasteiger partial charge < -0.3 is 15.6 Å². The third-order valence-electron chi connectivity index (χ3n) is 3.57. The Labute approximate surface area is 133 Å². The average Bonchev–Trinajstić information content (AvgIpc) is 2.46. The molecule has 0 spiro atoms. The number of carbonyl (C=O) groups excluding carboxylic acids is 1. The molecular formula is C18H27NO3. The zero-order valence-corrected chi connectivity index (χ0v) is 13.7. The lowest BCUT2D eigenvalue weighted by atomic mass is 9.93. The second-order valence-corrected chi connectivity index (χ2v) is 5.91. The summed E-state index contributed by atoms with van der Waals surface area (Å²) in [5, 5.41) is 9.60. The minimum absolute atomic E-state index is 0.0979. The number of unbranched alkanes of at least 4 members (excludes halogenated alkanes) is 1. The zero-order valence-electron chi connectivity index (χ0n) is 13.7. The maximum Gasteiger partial charge on any atom is 0.220 e. The van der Waals surface area contributed by atoms with Crippen molar-refractivity contribution in [1.29, 1.82) is 0 Å². The molecule has 0 aliphatic carbocycles. The first-order valence-electron chi connectivity index (χ1n) is 7.76. The van der Waals surface area contributed by atoms with Crippen LogP contribution in [0.4, 0.5) is 0 Å². The molecule has 3 N–H and O–H groups in total. The Hall–Kier alpha value is -1.97. The van der Waals surface area contributed by atoms with Gasteiger partial charge in [-0.05, 0) is 49.3 Å². The van der Waals surface area contributed by atoms with Crippen LogP contribution in [-0.4, -0.2) is 18.1 Å². The van der Waals surface area contributed by atoms with Crippen molar-refractivity contribution in [1.82, 2.24) is 0 Å². The Bertz CT molecular complexity index is 509. The van der Waals surface area contributed by atoms with Crippen molar-refractivity contribution in [2.24, 2.45) is 17.6 Å². The molecule has 0 heterocycles. The Morgan fingerprint density at radius 3 is 2.73 bits per heavy atom. The van der Waals surface area contributed by atoms with Crippen molar-refractivity contribution < 1.29 is 14.6 Å². The van der Waals surface area contributed by atoms with Crippen LogP contribution in [-0.2, 0) is 11.2 Å². The highest BCUT2D eigenvalue weighted by Crippen LogP contribution is 2.28. The van der Waals surface area contributed by atoms with E-state index in [9.17, 15) is 9.90 Å². The molecule has 0 aromatic heterocycles. The fourth-order valence-corrected chi connectivity index (χ4v) is 2.33. The Kier molecular flexibility index (Phi) is 7.50. The molecule has 1 unspecified atom stereocenters. The van der Waals surface area contributed by atoms with Crippen molar-refractivity contribution in [3.63, 3.8) is 0 Å². The molecule has 1 aromatic rings. The molecule has 1 atom stereocenters. The van der Waals surface area contributed by atoms with Crippen LogP contribution >= 0.6 is 0 Å². The number of benzene rings is 1.